The largest absolute Gasteiger partial charge is 0.484 e. The molecule has 0 aliphatic heterocycles. The van der Waals surface area contributed by atoms with Crippen LogP contribution in [0.15, 0.2) is 36.4 Å². The van der Waals surface area contributed by atoms with Gasteiger partial charge in [0.1, 0.15) is 5.75 Å². The maximum Gasteiger partial charge on any atom is 0.258 e. The van der Waals surface area contributed by atoms with E-state index in [0.717, 1.165) is 6.07 Å². The van der Waals surface area contributed by atoms with Crippen LogP contribution in [0.2, 0.25) is 0 Å². The van der Waals surface area contributed by atoms with Crippen LogP contribution in [-0.4, -0.2) is 33.1 Å². The molecule has 1 aliphatic rings. The molecule has 2 N–H and O–H groups in total. The van der Waals surface area contributed by atoms with Crippen LogP contribution < -0.4 is 10.1 Å². The SMILES string of the molecule is O=C(COc1cccc(-c2nn[nH]n2)c1)NC1CCc2cc(F)c(F)cc21. The Morgan fingerprint density at radius 1 is 1.26 bits per heavy atom. The molecule has 0 radical (unpaired) electrons. The number of hydrogen-bond donors (Lipinski definition) is 2. The highest BCUT2D eigenvalue weighted by molar-refractivity contribution is 5.78. The van der Waals surface area contributed by atoms with Crippen molar-refractivity contribution in [1.82, 2.24) is 25.9 Å². The van der Waals surface area contributed by atoms with Crippen LogP contribution in [0.1, 0.15) is 23.6 Å². The lowest BCUT2D eigenvalue weighted by atomic mass is 10.1. The van der Waals surface area contributed by atoms with Gasteiger partial charge in [-0.3, -0.25) is 4.79 Å². The summed E-state index contributed by atoms with van der Waals surface area (Å²) in [7, 11) is 0. The molecule has 138 valence electrons. The molecule has 0 spiro atoms. The molecule has 0 bridgehead atoms. The van der Waals surface area contributed by atoms with Crippen LogP contribution in [0.4, 0.5) is 8.78 Å². The topological polar surface area (TPSA) is 92.8 Å². The van der Waals surface area contributed by atoms with Crippen molar-refractivity contribution in [1.29, 1.82) is 0 Å². The molecule has 1 amide bonds. The molecular formula is C18H15F2N5O2. The summed E-state index contributed by atoms with van der Waals surface area (Å²) in [6.45, 7) is -0.203. The highest BCUT2D eigenvalue weighted by atomic mass is 19.2. The fourth-order valence-electron chi connectivity index (χ4n) is 3.14. The van der Waals surface area contributed by atoms with E-state index in [-0.39, 0.29) is 18.6 Å². The lowest BCUT2D eigenvalue weighted by molar-refractivity contribution is -0.123. The number of H-pyrrole nitrogens is 1. The molecule has 4 rings (SSSR count). The quantitative estimate of drug-likeness (QED) is 0.718. The third-order valence-electron chi connectivity index (χ3n) is 4.40. The fraction of sp³-hybridized carbons (Fsp3) is 0.222. The third kappa shape index (κ3) is 3.62. The van der Waals surface area contributed by atoms with Gasteiger partial charge in [0.25, 0.3) is 5.91 Å². The number of rotatable bonds is 5. The van der Waals surface area contributed by atoms with Crippen LogP contribution in [0.5, 0.6) is 5.75 Å². The monoisotopic (exact) mass is 371 g/mol. The number of halogens is 2. The van der Waals surface area contributed by atoms with E-state index < -0.39 is 11.6 Å². The van der Waals surface area contributed by atoms with Crippen molar-refractivity contribution < 1.29 is 18.3 Å². The zero-order chi connectivity index (χ0) is 18.8. The van der Waals surface area contributed by atoms with E-state index in [1.54, 1.807) is 24.3 Å². The Kier molecular flexibility index (Phi) is 4.49. The Balaban J connectivity index is 1.38. The van der Waals surface area contributed by atoms with Gasteiger partial charge in [-0.15, -0.1) is 10.2 Å². The number of hydrogen-bond acceptors (Lipinski definition) is 5. The molecule has 3 aromatic rings. The first-order valence-electron chi connectivity index (χ1n) is 8.34. The van der Waals surface area contributed by atoms with E-state index in [1.165, 1.54) is 6.07 Å². The molecule has 1 aromatic heterocycles. The average molecular weight is 371 g/mol. The van der Waals surface area contributed by atoms with Crippen LogP contribution >= 0.6 is 0 Å². The van der Waals surface area contributed by atoms with Crippen LogP contribution in [0.25, 0.3) is 11.4 Å². The summed E-state index contributed by atoms with van der Waals surface area (Å²) in [4.78, 5) is 12.2. The molecule has 1 aliphatic carbocycles. The maximum atomic E-state index is 13.5. The van der Waals surface area contributed by atoms with Gasteiger partial charge >= 0.3 is 0 Å². The number of nitrogens with zero attached hydrogens (tertiary/aromatic N) is 3. The summed E-state index contributed by atoms with van der Waals surface area (Å²) in [5, 5.41) is 16.4. The van der Waals surface area contributed by atoms with E-state index >= 15 is 0 Å². The van der Waals surface area contributed by atoms with E-state index in [2.05, 4.69) is 25.9 Å². The van der Waals surface area contributed by atoms with Crippen LogP contribution in [0.3, 0.4) is 0 Å². The Bertz CT molecular complexity index is 978. The second-order valence-corrected chi connectivity index (χ2v) is 6.18. The van der Waals surface area contributed by atoms with Gasteiger partial charge in [-0.05, 0) is 53.4 Å². The summed E-state index contributed by atoms with van der Waals surface area (Å²) in [5.74, 6) is -1.23. The predicted octanol–water partition coefficient (Wildman–Crippen LogP) is 2.33. The standard InChI is InChI=1S/C18H15F2N5O2/c19-14-7-10-4-5-16(13(10)8-15(14)20)21-17(26)9-27-12-3-1-2-11(6-12)18-22-24-25-23-18/h1-3,6-8,16H,4-5,9H2,(H,21,26)(H,22,23,24,25). The first-order chi connectivity index (χ1) is 13.1. The lowest BCUT2D eigenvalue weighted by Gasteiger charge is -2.15. The van der Waals surface area contributed by atoms with Crippen molar-refractivity contribution in [2.24, 2.45) is 0 Å². The van der Waals surface area contributed by atoms with Crippen LogP contribution in [-0.2, 0) is 11.2 Å². The predicted molar refractivity (Wildman–Crippen MR) is 90.7 cm³/mol. The Morgan fingerprint density at radius 2 is 2.11 bits per heavy atom. The molecular weight excluding hydrogens is 356 g/mol. The average Bonchev–Trinajstić information content (AvgIpc) is 3.32. The number of nitrogens with one attached hydrogen (secondary N) is 2. The van der Waals surface area contributed by atoms with Crippen molar-refractivity contribution in [2.45, 2.75) is 18.9 Å². The van der Waals surface area contributed by atoms with Gasteiger partial charge in [-0.1, -0.05) is 12.1 Å². The zero-order valence-electron chi connectivity index (χ0n) is 14.1. The number of carbonyl (C=O) groups excluding carboxylic acids is 1. The van der Waals surface area contributed by atoms with Gasteiger partial charge in [0.05, 0.1) is 6.04 Å². The number of aromatic nitrogens is 4. The molecule has 27 heavy (non-hydrogen) atoms. The van der Waals surface area contributed by atoms with Gasteiger partial charge in [0.15, 0.2) is 18.2 Å². The summed E-state index contributed by atoms with van der Waals surface area (Å²) >= 11 is 0. The molecule has 0 saturated heterocycles. The maximum absolute atomic E-state index is 13.5. The second kappa shape index (κ2) is 7.10. The molecule has 1 unspecified atom stereocenters. The molecule has 1 heterocycles. The summed E-state index contributed by atoms with van der Waals surface area (Å²) in [5.41, 5.74) is 2.03. The first-order valence-corrected chi connectivity index (χ1v) is 8.34. The van der Waals surface area contributed by atoms with Crippen molar-refractivity contribution in [3.8, 4) is 17.1 Å². The van der Waals surface area contributed by atoms with E-state index in [9.17, 15) is 13.6 Å². The Morgan fingerprint density at radius 3 is 2.93 bits per heavy atom. The number of ether oxygens (including phenoxy) is 1. The normalized spacial score (nSPS) is 15.4. The summed E-state index contributed by atoms with van der Waals surface area (Å²) < 4.78 is 32.3. The Labute approximate surface area is 152 Å². The van der Waals surface area contributed by atoms with E-state index in [4.69, 9.17) is 4.74 Å². The van der Waals surface area contributed by atoms with E-state index in [1.807, 2.05) is 0 Å². The van der Waals surface area contributed by atoms with Crippen molar-refractivity contribution in [3.63, 3.8) is 0 Å². The highest BCUT2D eigenvalue weighted by Gasteiger charge is 2.26. The van der Waals surface area contributed by atoms with Gasteiger partial charge in [-0.2, -0.15) is 5.21 Å². The van der Waals surface area contributed by atoms with Gasteiger partial charge < -0.3 is 10.1 Å². The van der Waals surface area contributed by atoms with E-state index in [0.29, 0.717) is 41.1 Å². The van der Waals surface area contributed by atoms with Crippen molar-refractivity contribution in [3.05, 3.63) is 59.2 Å². The minimum Gasteiger partial charge on any atom is -0.484 e. The lowest BCUT2D eigenvalue weighted by Crippen LogP contribution is -2.31. The molecule has 2 aromatic carbocycles. The number of tetrazole rings is 1. The number of carbonyl (C=O) groups is 1. The minimum atomic E-state index is -0.913. The smallest absolute Gasteiger partial charge is 0.258 e. The molecule has 9 heteroatoms. The molecule has 1 atom stereocenters. The summed E-state index contributed by atoms with van der Waals surface area (Å²) in [6, 6.07) is 8.94. The Hall–Kier alpha value is -3.36. The van der Waals surface area contributed by atoms with Crippen molar-refractivity contribution in [2.75, 3.05) is 6.61 Å². The molecule has 0 fully saturated rings. The number of benzene rings is 2. The second-order valence-electron chi connectivity index (χ2n) is 6.18. The fourth-order valence-corrected chi connectivity index (χ4v) is 3.14. The van der Waals surface area contributed by atoms with Crippen LogP contribution in [0, 0.1) is 11.6 Å². The first kappa shape index (κ1) is 17.1. The number of aryl methyl sites for hydroxylation is 1. The zero-order valence-corrected chi connectivity index (χ0v) is 14.1. The summed E-state index contributed by atoms with van der Waals surface area (Å²) in [6.07, 6.45) is 1.18. The van der Waals surface area contributed by atoms with Gasteiger partial charge in [0.2, 0.25) is 5.82 Å². The number of aromatic amines is 1. The minimum absolute atomic E-state index is 0.203. The van der Waals surface area contributed by atoms with Crippen molar-refractivity contribution >= 4 is 5.91 Å². The highest BCUT2D eigenvalue weighted by Crippen LogP contribution is 2.32. The number of amides is 1. The third-order valence-corrected chi connectivity index (χ3v) is 4.40. The number of fused-ring (bicyclic) bond motifs is 1. The molecule has 0 saturated carbocycles. The molecule has 7 nitrogen and oxygen atoms in total. The van der Waals surface area contributed by atoms with Gasteiger partial charge in [0, 0.05) is 5.56 Å². The van der Waals surface area contributed by atoms with Gasteiger partial charge in [-0.25, -0.2) is 8.78 Å².